The van der Waals surface area contributed by atoms with E-state index in [1.54, 1.807) is 11.5 Å². The van der Waals surface area contributed by atoms with E-state index in [2.05, 4.69) is 23.3 Å². The Labute approximate surface area is 105 Å². The lowest BCUT2D eigenvalue weighted by Gasteiger charge is -2.12. The lowest BCUT2D eigenvalue weighted by Crippen LogP contribution is -2.31. The number of halogens is 1. The number of hydrogen-bond acceptors (Lipinski definition) is 3. The van der Waals surface area contributed by atoms with Crippen LogP contribution in [0.25, 0.3) is 5.70 Å². The molecule has 0 bridgehead atoms. The predicted octanol–water partition coefficient (Wildman–Crippen LogP) is 2.25. The fourth-order valence-electron chi connectivity index (χ4n) is 1.15. The Morgan fingerprint density at radius 2 is 2.12 bits per heavy atom. The molecule has 0 saturated heterocycles. The molecule has 2 N–H and O–H groups in total. The molecule has 16 heavy (non-hydrogen) atoms. The van der Waals surface area contributed by atoms with Gasteiger partial charge in [-0.2, -0.15) is 0 Å². The van der Waals surface area contributed by atoms with Crippen LogP contribution in [0.1, 0.15) is 12.5 Å². The van der Waals surface area contributed by atoms with Crippen molar-refractivity contribution in [2.75, 3.05) is 6.67 Å². The summed E-state index contributed by atoms with van der Waals surface area (Å²) in [7, 11) is 0. The molecule has 0 aliphatic heterocycles. The first-order valence-electron chi connectivity index (χ1n) is 4.72. The van der Waals surface area contributed by atoms with Gasteiger partial charge in [-0.05, 0) is 11.5 Å². The summed E-state index contributed by atoms with van der Waals surface area (Å²) < 4.78 is 0. The van der Waals surface area contributed by atoms with E-state index in [0.29, 0.717) is 11.7 Å². The number of rotatable bonds is 4. The molecule has 0 aromatic heterocycles. The zero-order valence-electron chi connectivity index (χ0n) is 8.83. The van der Waals surface area contributed by atoms with Crippen molar-refractivity contribution in [3.8, 4) is 0 Å². The first kappa shape index (κ1) is 12.9. The van der Waals surface area contributed by atoms with Crippen LogP contribution < -0.4 is 10.6 Å². The maximum absolute atomic E-state index is 10.7. The van der Waals surface area contributed by atoms with Gasteiger partial charge in [0.05, 0.1) is 12.4 Å². The van der Waals surface area contributed by atoms with Gasteiger partial charge in [0.25, 0.3) is 0 Å². The van der Waals surface area contributed by atoms with E-state index in [1.807, 2.05) is 18.2 Å². The Morgan fingerprint density at radius 3 is 2.69 bits per heavy atom. The van der Waals surface area contributed by atoms with Crippen molar-refractivity contribution in [2.24, 2.45) is 0 Å². The summed E-state index contributed by atoms with van der Waals surface area (Å²) in [5.41, 5.74) is 1.62. The van der Waals surface area contributed by atoms with Gasteiger partial charge in [0.15, 0.2) is 0 Å². The highest BCUT2D eigenvalue weighted by molar-refractivity contribution is 7.83. The average Bonchev–Trinajstić information content (AvgIpc) is 2.25. The largest absolute Gasteiger partial charge is 0.367 e. The summed E-state index contributed by atoms with van der Waals surface area (Å²) in [6.07, 6.45) is 0. The van der Waals surface area contributed by atoms with Gasteiger partial charge in [-0.3, -0.25) is 4.79 Å². The van der Waals surface area contributed by atoms with E-state index in [0.717, 1.165) is 11.3 Å². The number of nitrogens with one attached hydrogen (secondary N) is 2. The summed E-state index contributed by atoms with van der Waals surface area (Å²) in [6.45, 7) is 1.80. The van der Waals surface area contributed by atoms with Crippen LogP contribution in [0.15, 0.2) is 29.7 Å². The number of benzene rings is 1. The normalized spacial score (nSPS) is 11.1. The minimum Gasteiger partial charge on any atom is -0.367 e. The van der Waals surface area contributed by atoms with Gasteiger partial charge in [0.1, 0.15) is 0 Å². The fourth-order valence-corrected chi connectivity index (χ4v) is 1.62. The highest BCUT2D eigenvalue weighted by atomic mass is 35.5. The Hall–Kier alpha value is -1.13. The molecule has 0 aliphatic rings. The van der Waals surface area contributed by atoms with E-state index in [9.17, 15) is 4.79 Å². The maximum atomic E-state index is 10.7. The van der Waals surface area contributed by atoms with E-state index in [-0.39, 0.29) is 5.91 Å². The van der Waals surface area contributed by atoms with Crippen molar-refractivity contribution in [3.63, 3.8) is 0 Å². The summed E-state index contributed by atoms with van der Waals surface area (Å²) in [5.74, 6) is -0.0924. The van der Waals surface area contributed by atoms with Gasteiger partial charge in [-0.1, -0.05) is 29.8 Å². The highest BCUT2D eigenvalue weighted by Crippen LogP contribution is 2.21. The second kappa shape index (κ2) is 6.45. The van der Waals surface area contributed by atoms with Gasteiger partial charge in [0, 0.05) is 17.5 Å². The Morgan fingerprint density at radius 1 is 1.44 bits per heavy atom. The Kier molecular flexibility index (Phi) is 5.22. The molecular formula is C11H13ClN2OS. The molecule has 1 aromatic rings. The highest BCUT2D eigenvalue weighted by Gasteiger charge is 2.04. The third-order valence-corrected chi connectivity index (χ3v) is 2.50. The summed E-state index contributed by atoms with van der Waals surface area (Å²) in [5, 5.41) is 7.91. The average molecular weight is 257 g/mol. The quantitative estimate of drug-likeness (QED) is 0.571. The molecule has 3 nitrogen and oxygen atoms in total. The number of thiol groups is 1. The zero-order chi connectivity index (χ0) is 12.0. The van der Waals surface area contributed by atoms with Gasteiger partial charge < -0.3 is 10.6 Å². The molecule has 0 heterocycles. The van der Waals surface area contributed by atoms with Crippen molar-refractivity contribution >= 4 is 35.8 Å². The van der Waals surface area contributed by atoms with Crippen molar-refractivity contribution in [1.82, 2.24) is 10.6 Å². The molecule has 0 saturated carbocycles. The van der Waals surface area contributed by atoms with Crippen LogP contribution in [-0.2, 0) is 4.79 Å². The lowest BCUT2D eigenvalue weighted by atomic mass is 10.2. The molecule has 1 rings (SSSR count). The molecule has 0 unspecified atom stereocenters. The second-order valence-corrected chi connectivity index (χ2v) is 3.77. The van der Waals surface area contributed by atoms with Crippen LogP contribution >= 0.6 is 24.2 Å². The minimum atomic E-state index is -0.0924. The van der Waals surface area contributed by atoms with Crippen LogP contribution in [0.3, 0.4) is 0 Å². The van der Waals surface area contributed by atoms with E-state index in [4.69, 9.17) is 11.6 Å². The predicted molar refractivity (Wildman–Crippen MR) is 70.2 cm³/mol. The Bertz CT molecular complexity index is 407. The molecular weight excluding hydrogens is 244 g/mol. The fraction of sp³-hybridized carbons (Fsp3) is 0.182. The van der Waals surface area contributed by atoms with Gasteiger partial charge in [-0.25, -0.2) is 0 Å². The third-order valence-electron chi connectivity index (χ3n) is 1.91. The van der Waals surface area contributed by atoms with Crippen molar-refractivity contribution in [2.45, 2.75) is 6.92 Å². The van der Waals surface area contributed by atoms with E-state index < -0.39 is 0 Å². The smallest absolute Gasteiger partial charge is 0.218 e. The summed E-state index contributed by atoms with van der Waals surface area (Å²) in [6, 6.07) is 7.42. The van der Waals surface area contributed by atoms with Gasteiger partial charge in [-0.15, -0.1) is 12.6 Å². The van der Waals surface area contributed by atoms with Gasteiger partial charge in [0.2, 0.25) is 5.91 Å². The van der Waals surface area contributed by atoms with Crippen LogP contribution in [0.4, 0.5) is 0 Å². The number of carbonyl (C=O) groups is 1. The van der Waals surface area contributed by atoms with E-state index in [1.165, 1.54) is 6.92 Å². The number of hydrogen-bond donors (Lipinski definition) is 3. The lowest BCUT2D eigenvalue weighted by molar-refractivity contribution is -0.118. The summed E-state index contributed by atoms with van der Waals surface area (Å²) in [4.78, 5) is 10.7. The van der Waals surface area contributed by atoms with E-state index >= 15 is 0 Å². The zero-order valence-corrected chi connectivity index (χ0v) is 10.5. The van der Waals surface area contributed by atoms with Crippen molar-refractivity contribution in [1.29, 1.82) is 0 Å². The molecule has 1 aromatic carbocycles. The van der Waals surface area contributed by atoms with Gasteiger partial charge >= 0.3 is 0 Å². The molecule has 1 amide bonds. The second-order valence-electron chi connectivity index (χ2n) is 3.11. The molecule has 86 valence electrons. The van der Waals surface area contributed by atoms with Crippen molar-refractivity contribution in [3.05, 3.63) is 40.3 Å². The molecule has 0 spiro atoms. The number of carbonyl (C=O) groups excluding carboxylic acids is 1. The summed E-state index contributed by atoms with van der Waals surface area (Å²) >= 11 is 10.1. The topological polar surface area (TPSA) is 41.1 Å². The molecule has 0 atom stereocenters. The van der Waals surface area contributed by atoms with Crippen molar-refractivity contribution < 1.29 is 4.79 Å². The molecule has 5 heteroatoms. The standard InChI is InChI=1S/C11H13ClN2OS/c1-8(15)13-7-14-11(6-16)9-4-2-3-5-10(9)12/h2-6,14,16H,7H2,1H3,(H,13,15)/b11-6-. The first-order chi connectivity index (χ1) is 7.65. The molecule has 0 radical (unpaired) electrons. The minimum absolute atomic E-state index is 0.0924. The van der Waals surface area contributed by atoms with Crippen LogP contribution in [-0.4, -0.2) is 12.6 Å². The first-order valence-corrected chi connectivity index (χ1v) is 5.62. The third kappa shape index (κ3) is 3.79. The SMILES string of the molecule is CC(=O)NCN/C(=C\S)c1ccccc1Cl. The molecule has 0 fully saturated rings. The Balaban J connectivity index is 2.69. The monoisotopic (exact) mass is 256 g/mol. The van der Waals surface area contributed by atoms with Crippen LogP contribution in [0.2, 0.25) is 5.02 Å². The molecule has 0 aliphatic carbocycles. The maximum Gasteiger partial charge on any atom is 0.218 e. The van der Waals surface area contributed by atoms with Crippen LogP contribution in [0, 0.1) is 0 Å². The number of amides is 1. The van der Waals surface area contributed by atoms with Crippen LogP contribution in [0.5, 0.6) is 0 Å².